The van der Waals surface area contributed by atoms with Crippen LogP contribution in [-0.4, -0.2) is 44.9 Å². The molecule has 2 aromatic heterocycles. The maximum absolute atomic E-state index is 12.2. The zero-order valence-electron chi connectivity index (χ0n) is 13.7. The van der Waals surface area contributed by atoms with Crippen molar-refractivity contribution < 1.29 is 14.1 Å². The molecule has 2 N–H and O–H groups in total. The maximum Gasteiger partial charge on any atom is 0.276 e. The Kier molecular flexibility index (Phi) is 3.72. The number of fused-ring (bicyclic) bond motifs is 1. The summed E-state index contributed by atoms with van der Waals surface area (Å²) < 4.78 is 4.90. The molecule has 1 aliphatic heterocycles. The van der Waals surface area contributed by atoms with Crippen molar-refractivity contribution in [1.82, 2.24) is 25.3 Å². The van der Waals surface area contributed by atoms with Gasteiger partial charge in [-0.3, -0.25) is 9.59 Å². The third-order valence-corrected chi connectivity index (χ3v) is 4.26. The predicted octanol–water partition coefficient (Wildman–Crippen LogP) is 1.25. The summed E-state index contributed by atoms with van der Waals surface area (Å²) in [6.45, 7) is 2.84. The minimum Gasteiger partial charge on any atom is -0.361 e. The Balaban J connectivity index is 1.29. The highest BCUT2D eigenvalue weighted by Gasteiger charge is 2.36. The van der Waals surface area contributed by atoms with Gasteiger partial charge in [0, 0.05) is 19.2 Å². The fraction of sp³-hybridized carbons (Fsp3) is 0.294. The normalized spacial score (nSPS) is 14.5. The number of H-pyrrole nitrogens is 1. The molecule has 8 nitrogen and oxygen atoms in total. The summed E-state index contributed by atoms with van der Waals surface area (Å²) in [7, 11) is 0. The van der Waals surface area contributed by atoms with Gasteiger partial charge >= 0.3 is 0 Å². The molecule has 4 rings (SSSR count). The fourth-order valence-corrected chi connectivity index (χ4v) is 2.84. The summed E-state index contributed by atoms with van der Waals surface area (Å²) in [6, 6.07) is 9.30. The van der Waals surface area contributed by atoms with Crippen LogP contribution in [-0.2, 0) is 11.3 Å². The second-order valence-corrected chi connectivity index (χ2v) is 6.15. The molecule has 3 aromatic rings. The van der Waals surface area contributed by atoms with Crippen LogP contribution in [0.3, 0.4) is 0 Å². The molecule has 25 heavy (non-hydrogen) atoms. The van der Waals surface area contributed by atoms with Crippen LogP contribution in [0.1, 0.15) is 22.1 Å². The fourth-order valence-electron chi connectivity index (χ4n) is 2.84. The van der Waals surface area contributed by atoms with Gasteiger partial charge < -0.3 is 19.7 Å². The van der Waals surface area contributed by atoms with Crippen LogP contribution in [0.15, 0.2) is 34.9 Å². The summed E-state index contributed by atoms with van der Waals surface area (Å²) >= 11 is 0. The molecule has 8 heteroatoms. The number of aromatic nitrogens is 3. The number of para-hydroxylation sites is 2. The Bertz CT molecular complexity index is 906. The number of nitrogens with zero attached hydrogens (tertiary/aromatic N) is 3. The lowest BCUT2D eigenvalue weighted by Crippen LogP contribution is -2.55. The van der Waals surface area contributed by atoms with E-state index in [-0.39, 0.29) is 23.4 Å². The molecule has 0 bridgehead atoms. The van der Waals surface area contributed by atoms with E-state index in [1.54, 1.807) is 17.9 Å². The molecule has 0 aliphatic carbocycles. The molecule has 0 atom stereocenters. The van der Waals surface area contributed by atoms with E-state index in [0.717, 1.165) is 11.0 Å². The van der Waals surface area contributed by atoms with Crippen LogP contribution in [0, 0.1) is 12.8 Å². The van der Waals surface area contributed by atoms with E-state index in [0.29, 0.717) is 31.2 Å². The first-order chi connectivity index (χ1) is 12.1. The molecular formula is C17H17N5O3. The number of hydrogen-bond donors (Lipinski definition) is 2. The van der Waals surface area contributed by atoms with Crippen LogP contribution in [0.2, 0.25) is 0 Å². The zero-order chi connectivity index (χ0) is 17.4. The number of aromatic amines is 1. The number of imidazole rings is 1. The summed E-state index contributed by atoms with van der Waals surface area (Å²) in [5.74, 6) is 0.796. The molecule has 0 unspecified atom stereocenters. The molecule has 3 heterocycles. The second-order valence-electron chi connectivity index (χ2n) is 6.15. The van der Waals surface area contributed by atoms with Crippen molar-refractivity contribution in [3.63, 3.8) is 0 Å². The van der Waals surface area contributed by atoms with Gasteiger partial charge in [-0.2, -0.15) is 0 Å². The van der Waals surface area contributed by atoms with Crippen molar-refractivity contribution in [2.24, 2.45) is 5.92 Å². The van der Waals surface area contributed by atoms with Gasteiger partial charge in [0.1, 0.15) is 11.6 Å². The first-order valence-corrected chi connectivity index (χ1v) is 8.04. The van der Waals surface area contributed by atoms with Gasteiger partial charge in [0.15, 0.2) is 5.69 Å². The SMILES string of the molecule is Cc1cc(C(=O)N2CC(C(=O)NCc3nc4ccccc4[nH]3)C2)no1. The zero-order valence-corrected chi connectivity index (χ0v) is 13.7. The minimum atomic E-state index is -0.210. The van der Waals surface area contributed by atoms with Crippen molar-refractivity contribution in [2.75, 3.05) is 13.1 Å². The number of nitrogens with one attached hydrogen (secondary N) is 2. The van der Waals surface area contributed by atoms with Crippen LogP contribution >= 0.6 is 0 Å². The topological polar surface area (TPSA) is 104 Å². The van der Waals surface area contributed by atoms with Gasteiger partial charge in [-0.25, -0.2) is 4.98 Å². The Hall–Kier alpha value is -3.16. The first-order valence-electron chi connectivity index (χ1n) is 8.04. The smallest absolute Gasteiger partial charge is 0.276 e. The largest absolute Gasteiger partial charge is 0.361 e. The van der Waals surface area contributed by atoms with Crippen molar-refractivity contribution in [3.05, 3.63) is 47.6 Å². The van der Waals surface area contributed by atoms with Crippen LogP contribution in [0.5, 0.6) is 0 Å². The lowest BCUT2D eigenvalue weighted by atomic mass is 9.98. The Morgan fingerprint density at radius 1 is 1.36 bits per heavy atom. The highest BCUT2D eigenvalue weighted by Crippen LogP contribution is 2.19. The summed E-state index contributed by atoms with van der Waals surface area (Å²) in [4.78, 5) is 33.5. The number of likely N-dealkylation sites (tertiary alicyclic amines) is 1. The molecule has 128 valence electrons. The van der Waals surface area contributed by atoms with Crippen LogP contribution in [0.4, 0.5) is 0 Å². The first kappa shape index (κ1) is 15.4. The third-order valence-electron chi connectivity index (χ3n) is 4.26. The van der Waals surface area contributed by atoms with Gasteiger partial charge in [-0.1, -0.05) is 17.3 Å². The average molecular weight is 339 g/mol. The highest BCUT2D eigenvalue weighted by atomic mass is 16.5. The standard InChI is InChI=1S/C17H17N5O3/c1-10-6-14(21-25-10)17(24)22-8-11(9-22)16(23)18-7-15-19-12-4-2-3-5-13(12)20-15/h2-6,11H,7-9H2,1H3,(H,18,23)(H,19,20). The summed E-state index contributed by atoms with van der Waals surface area (Å²) in [5.41, 5.74) is 2.09. The van der Waals surface area contributed by atoms with E-state index in [2.05, 4.69) is 20.4 Å². The van der Waals surface area contributed by atoms with Crippen molar-refractivity contribution >= 4 is 22.8 Å². The van der Waals surface area contributed by atoms with E-state index in [4.69, 9.17) is 4.52 Å². The molecule has 0 saturated carbocycles. The van der Waals surface area contributed by atoms with Crippen molar-refractivity contribution in [1.29, 1.82) is 0 Å². The molecule has 1 aromatic carbocycles. The van der Waals surface area contributed by atoms with E-state index < -0.39 is 0 Å². The summed E-state index contributed by atoms with van der Waals surface area (Å²) in [6.07, 6.45) is 0. The monoisotopic (exact) mass is 339 g/mol. The third kappa shape index (κ3) is 2.98. The Morgan fingerprint density at radius 3 is 2.88 bits per heavy atom. The van der Waals surface area contributed by atoms with E-state index in [1.165, 1.54) is 0 Å². The number of rotatable bonds is 4. The predicted molar refractivity (Wildman–Crippen MR) is 88.6 cm³/mol. The van der Waals surface area contributed by atoms with Gasteiger partial charge in [-0.05, 0) is 19.1 Å². The van der Waals surface area contributed by atoms with Crippen molar-refractivity contribution in [2.45, 2.75) is 13.5 Å². The molecule has 0 radical (unpaired) electrons. The second kappa shape index (κ2) is 6.04. The van der Waals surface area contributed by atoms with E-state index in [1.807, 2.05) is 24.3 Å². The van der Waals surface area contributed by atoms with Gasteiger partial charge in [0.2, 0.25) is 5.91 Å². The highest BCUT2D eigenvalue weighted by molar-refractivity contribution is 5.94. The van der Waals surface area contributed by atoms with Gasteiger partial charge in [0.25, 0.3) is 5.91 Å². The molecular weight excluding hydrogens is 322 g/mol. The van der Waals surface area contributed by atoms with Crippen molar-refractivity contribution in [3.8, 4) is 0 Å². The number of aryl methyl sites for hydroxylation is 1. The minimum absolute atomic E-state index is 0.0826. The van der Waals surface area contributed by atoms with Crippen LogP contribution < -0.4 is 5.32 Å². The molecule has 2 amide bonds. The quantitative estimate of drug-likeness (QED) is 0.744. The molecule has 0 spiro atoms. The number of amides is 2. The Labute approximate surface area is 143 Å². The molecule has 1 saturated heterocycles. The summed E-state index contributed by atoms with van der Waals surface area (Å²) in [5, 5.41) is 6.57. The van der Waals surface area contributed by atoms with Gasteiger partial charge in [-0.15, -0.1) is 0 Å². The van der Waals surface area contributed by atoms with Crippen LogP contribution in [0.25, 0.3) is 11.0 Å². The maximum atomic E-state index is 12.2. The van der Waals surface area contributed by atoms with Gasteiger partial charge in [0.05, 0.1) is 23.5 Å². The molecule has 1 aliphatic rings. The Morgan fingerprint density at radius 2 is 2.16 bits per heavy atom. The number of benzene rings is 1. The van der Waals surface area contributed by atoms with E-state index >= 15 is 0 Å². The number of carbonyl (C=O) groups excluding carboxylic acids is 2. The lowest BCUT2D eigenvalue weighted by molar-refractivity contribution is -0.129. The molecule has 1 fully saturated rings. The van der Waals surface area contributed by atoms with E-state index in [9.17, 15) is 9.59 Å². The average Bonchev–Trinajstić information content (AvgIpc) is 3.17. The number of carbonyl (C=O) groups is 2. The lowest BCUT2D eigenvalue weighted by Gasteiger charge is -2.37. The number of hydrogen-bond acceptors (Lipinski definition) is 5.